The number of nitrogens with one attached hydrogen (secondary N) is 1. The molecule has 1 saturated heterocycles. The molecule has 0 spiro atoms. The van der Waals surface area contributed by atoms with Crippen LogP contribution in [0.3, 0.4) is 0 Å². The zero-order chi connectivity index (χ0) is 11.5. The zero-order valence-electron chi connectivity index (χ0n) is 10.7. The molecule has 1 aliphatic carbocycles. The number of rotatable bonds is 5. The molecule has 2 N–H and O–H groups in total. The van der Waals surface area contributed by atoms with Gasteiger partial charge in [-0.2, -0.15) is 0 Å². The van der Waals surface area contributed by atoms with E-state index in [1.165, 1.54) is 32.4 Å². The average molecular weight is 226 g/mol. The van der Waals surface area contributed by atoms with E-state index in [-0.39, 0.29) is 6.10 Å². The molecular weight excluding hydrogens is 200 g/mol. The van der Waals surface area contributed by atoms with Gasteiger partial charge >= 0.3 is 0 Å². The smallest absolute Gasteiger partial charge is 0.0571 e. The second-order valence-electron chi connectivity index (χ2n) is 5.58. The van der Waals surface area contributed by atoms with E-state index in [2.05, 4.69) is 24.2 Å². The molecule has 0 radical (unpaired) electrons. The summed E-state index contributed by atoms with van der Waals surface area (Å²) in [5.74, 6) is 1.31. The van der Waals surface area contributed by atoms with Crippen LogP contribution in [0.4, 0.5) is 0 Å². The lowest BCUT2D eigenvalue weighted by molar-refractivity contribution is 0.0782. The normalized spacial score (nSPS) is 33.9. The summed E-state index contributed by atoms with van der Waals surface area (Å²) in [6.45, 7) is 5.71. The van der Waals surface area contributed by atoms with Crippen LogP contribution < -0.4 is 5.32 Å². The van der Waals surface area contributed by atoms with Crippen molar-refractivity contribution in [1.82, 2.24) is 10.2 Å². The van der Waals surface area contributed by atoms with Gasteiger partial charge in [0.15, 0.2) is 0 Å². The number of piperidine rings is 1. The summed E-state index contributed by atoms with van der Waals surface area (Å²) in [4.78, 5) is 2.51. The number of aliphatic hydroxyl groups is 1. The molecule has 3 heteroatoms. The Morgan fingerprint density at radius 3 is 2.69 bits per heavy atom. The lowest BCUT2D eigenvalue weighted by atomic mass is 9.88. The van der Waals surface area contributed by atoms with E-state index < -0.39 is 0 Å². The van der Waals surface area contributed by atoms with Crippen LogP contribution in [0.2, 0.25) is 0 Å². The summed E-state index contributed by atoms with van der Waals surface area (Å²) in [5, 5.41) is 13.4. The van der Waals surface area contributed by atoms with E-state index >= 15 is 0 Å². The summed E-state index contributed by atoms with van der Waals surface area (Å²) >= 11 is 0. The van der Waals surface area contributed by atoms with Gasteiger partial charge in [0.25, 0.3) is 0 Å². The second kappa shape index (κ2) is 5.48. The molecule has 3 atom stereocenters. The Labute approximate surface area is 99.2 Å². The maximum atomic E-state index is 10.0. The minimum atomic E-state index is -0.0284. The second-order valence-corrected chi connectivity index (χ2v) is 5.58. The van der Waals surface area contributed by atoms with Crippen molar-refractivity contribution < 1.29 is 5.11 Å². The summed E-state index contributed by atoms with van der Waals surface area (Å²) < 4.78 is 0. The highest BCUT2D eigenvalue weighted by Crippen LogP contribution is 2.36. The first-order chi connectivity index (χ1) is 7.72. The Hall–Kier alpha value is -0.120. The fourth-order valence-corrected chi connectivity index (χ4v) is 2.96. The van der Waals surface area contributed by atoms with Crippen molar-refractivity contribution in [2.45, 2.75) is 44.8 Å². The zero-order valence-corrected chi connectivity index (χ0v) is 10.7. The molecule has 3 nitrogen and oxygen atoms in total. The molecule has 2 fully saturated rings. The van der Waals surface area contributed by atoms with Gasteiger partial charge in [0.2, 0.25) is 0 Å². The lowest BCUT2D eigenvalue weighted by Crippen LogP contribution is -2.48. The van der Waals surface area contributed by atoms with Crippen LogP contribution in [0.5, 0.6) is 0 Å². The van der Waals surface area contributed by atoms with Crippen LogP contribution in [-0.4, -0.2) is 48.8 Å². The fourth-order valence-electron chi connectivity index (χ4n) is 2.96. The first-order valence-corrected chi connectivity index (χ1v) is 6.80. The van der Waals surface area contributed by atoms with E-state index in [4.69, 9.17) is 0 Å². The number of nitrogens with zero attached hydrogens (tertiary/aromatic N) is 1. The van der Waals surface area contributed by atoms with Gasteiger partial charge in [-0.25, -0.2) is 0 Å². The number of likely N-dealkylation sites (N-methyl/N-ethyl adjacent to an activating group) is 2. The molecule has 2 rings (SSSR count). The number of hydrogen-bond donors (Lipinski definition) is 2. The molecule has 1 aliphatic heterocycles. The van der Waals surface area contributed by atoms with E-state index in [1.54, 1.807) is 0 Å². The number of hydrogen-bond acceptors (Lipinski definition) is 3. The molecule has 1 saturated carbocycles. The van der Waals surface area contributed by atoms with Crippen molar-refractivity contribution in [3.8, 4) is 0 Å². The minimum absolute atomic E-state index is 0.0284. The van der Waals surface area contributed by atoms with E-state index in [0.29, 0.717) is 17.9 Å². The van der Waals surface area contributed by atoms with E-state index in [9.17, 15) is 5.11 Å². The Morgan fingerprint density at radius 1 is 1.38 bits per heavy atom. The largest absolute Gasteiger partial charge is 0.393 e. The third-order valence-corrected chi connectivity index (χ3v) is 4.21. The first-order valence-electron chi connectivity index (χ1n) is 6.80. The Kier molecular flexibility index (Phi) is 4.22. The highest BCUT2D eigenvalue weighted by atomic mass is 16.3. The van der Waals surface area contributed by atoms with Gasteiger partial charge in [-0.05, 0) is 51.1 Å². The van der Waals surface area contributed by atoms with Gasteiger partial charge in [0, 0.05) is 19.1 Å². The highest BCUT2D eigenvalue weighted by Gasteiger charge is 2.33. The molecule has 0 aromatic rings. The first kappa shape index (κ1) is 12.3. The topological polar surface area (TPSA) is 35.5 Å². The van der Waals surface area contributed by atoms with Gasteiger partial charge in [-0.1, -0.05) is 6.92 Å². The predicted octanol–water partition coefficient (Wildman–Crippen LogP) is 1.08. The van der Waals surface area contributed by atoms with Crippen molar-refractivity contribution in [2.24, 2.45) is 11.8 Å². The molecule has 0 aromatic carbocycles. The van der Waals surface area contributed by atoms with Crippen LogP contribution in [-0.2, 0) is 0 Å². The van der Waals surface area contributed by atoms with Crippen molar-refractivity contribution in [2.75, 3.05) is 26.7 Å². The van der Waals surface area contributed by atoms with Gasteiger partial charge in [0.1, 0.15) is 0 Å². The third-order valence-electron chi connectivity index (χ3n) is 4.21. The minimum Gasteiger partial charge on any atom is -0.393 e. The van der Waals surface area contributed by atoms with Crippen molar-refractivity contribution in [1.29, 1.82) is 0 Å². The SMILES string of the molecule is CCN1CC(CC(O)C2CC2)CC(NC)C1. The molecule has 1 heterocycles. The molecule has 94 valence electrons. The van der Waals surface area contributed by atoms with Crippen molar-refractivity contribution in [3.63, 3.8) is 0 Å². The Balaban J connectivity index is 1.82. The predicted molar refractivity (Wildman–Crippen MR) is 66.4 cm³/mol. The van der Waals surface area contributed by atoms with Crippen LogP contribution in [0.25, 0.3) is 0 Å². The summed E-state index contributed by atoms with van der Waals surface area (Å²) in [6, 6.07) is 0.616. The van der Waals surface area contributed by atoms with Gasteiger partial charge in [-0.3, -0.25) is 0 Å². The van der Waals surface area contributed by atoms with Crippen molar-refractivity contribution >= 4 is 0 Å². The lowest BCUT2D eigenvalue weighted by Gasteiger charge is -2.38. The Morgan fingerprint density at radius 2 is 2.12 bits per heavy atom. The summed E-state index contributed by atoms with van der Waals surface area (Å²) in [6.07, 6.45) is 4.72. The Bertz CT molecular complexity index is 206. The van der Waals surface area contributed by atoms with E-state index in [0.717, 1.165) is 13.0 Å². The molecule has 0 bridgehead atoms. The van der Waals surface area contributed by atoms with Gasteiger partial charge in [-0.15, -0.1) is 0 Å². The molecule has 0 amide bonds. The summed E-state index contributed by atoms with van der Waals surface area (Å²) in [5.41, 5.74) is 0. The van der Waals surface area contributed by atoms with Gasteiger partial charge in [0.05, 0.1) is 6.10 Å². The molecular formula is C13H26N2O. The molecule has 0 aromatic heterocycles. The van der Waals surface area contributed by atoms with Crippen LogP contribution >= 0.6 is 0 Å². The van der Waals surface area contributed by atoms with Gasteiger partial charge < -0.3 is 15.3 Å². The fraction of sp³-hybridized carbons (Fsp3) is 1.00. The van der Waals surface area contributed by atoms with Crippen LogP contribution in [0.15, 0.2) is 0 Å². The number of likely N-dealkylation sites (tertiary alicyclic amines) is 1. The molecule has 3 unspecified atom stereocenters. The number of aliphatic hydroxyl groups excluding tert-OH is 1. The third kappa shape index (κ3) is 3.19. The maximum absolute atomic E-state index is 10.0. The standard InChI is InChI=1S/C13H26N2O/c1-3-15-8-10(6-12(9-15)14-2)7-13(16)11-4-5-11/h10-14,16H,3-9H2,1-2H3. The average Bonchev–Trinajstić information content (AvgIpc) is 3.12. The molecule has 2 aliphatic rings. The molecule has 16 heavy (non-hydrogen) atoms. The van der Waals surface area contributed by atoms with Crippen molar-refractivity contribution in [3.05, 3.63) is 0 Å². The maximum Gasteiger partial charge on any atom is 0.0571 e. The quantitative estimate of drug-likeness (QED) is 0.736. The van der Waals surface area contributed by atoms with Crippen LogP contribution in [0, 0.1) is 11.8 Å². The van der Waals surface area contributed by atoms with E-state index in [1.807, 2.05) is 0 Å². The van der Waals surface area contributed by atoms with Crippen LogP contribution in [0.1, 0.15) is 32.6 Å². The summed E-state index contributed by atoms with van der Waals surface area (Å²) in [7, 11) is 2.05. The highest BCUT2D eigenvalue weighted by molar-refractivity contribution is 4.87. The monoisotopic (exact) mass is 226 g/mol.